The number of benzene rings is 2. The van der Waals surface area contributed by atoms with Gasteiger partial charge in [0.05, 0.1) is 22.5 Å². The quantitative estimate of drug-likeness (QED) is 0.534. The van der Waals surface area contributed by atoms with E-state index in [0.29, 0.717) is 22.4 Å². The smallest absolute Gasteiger partial charge is 0.420 e. The van der Waals surface area contributed by atoms with Gasteiger partial charge in [-0.3, -0.25) is 14.7 Å². The van der Waals surface area contributed by atoms with Crippen molar-refractivity contribution in [1.82, 2.24) is 4.57 Å². The van der Waals surface area contributed by atoms with Crippen molar-refractivity contribution in [2.45, 2.75) is 13.5 Å². The maximum Gasteiger partial charge on any atom is 0.420 e. The second-order valence-corrected chi connectivity index (χ2v) is 4.99. The van der Waals surface area contributed by atoms with E-state index >= 15 is 0 Å². The Morgan fingerprint density at radius 1 is 1.22 bits per heavy atom. The van der Waals surface area contributed by atoms with Gasteiger partial charge < -0.3 is 9.15 Å². The van der Waals surface area contributed by atoms with E-state index in [4.69, 9.17) is 9.15 Å². The molecule has 3 aromatic rings. The zero-order valence-corrected chi connectivity index (χ0v) is 12.4. The van der Waals surface area contributed by atoms with Gasteiger partial charge in [0.1, 0.15) is 12.4 Å². The first-order valence-corrected chi connectivity index (χ1v) is 7.03. The molecule has 0 N–H and O–H groups in total. The summed E-state index contributed by atoms with van der Waals surface area (Å²) in [5.74, 6) is -0.0226. The molecule has 23 heavy (non-hydrogen) atoms. The van der Waals surface area contributed by atoms with Crippen molar-refractivity contribution in [2.24, 2.45) is 0 Å². The van der Waals surface area contributed by atoms with Crippen LogP contribution in [0.2, 0.25) is 0 Å². The first kappa shape index (κ1) is 14.8. The molecule has 0 spiro atoms. The molecule has 0 saturated carbocycles. The van der Waals surface area contributed by atoms with Crippen LogP contribution in [0.5, 0.6) is 5.75 Å². The Bertz CT molecular complexity index is 926. The van der Waals surface area contributed by atoms with E-state index in [1.165, 1.54) is 10.6 Å². The van der Waals surface area contributed by atoms with Crippen molar-refractivity contribution >= 4 is 16.8 Å². The van der Waals surface area contributed by atoms with Crippen LogP contribution in [0.15, 0.2) is 51.7 Å². The van der Waals surface area contributed by atoms with Crippen molar-refractivity contribution in [3.63, 3.8) is 0 Å². The van der Waals surface area contributed by atoms with Gasteiger partial charge in [0.25, 0.3) is 5.69 Å². The molecular weight excluding hydrogens is 300 g/mol. The van der Waals surface area contributed by atoms with Crippen LogP contribution in [0.1, 0.15) is 5.56 Å². The predicted octanol–water partition coefficient (Wildman–Crippen LogP) is 2.89. The van der Waals surface area contributed by atoms with Crippen molar-refractivity contribution < 1.29 is 14.1 Å². The fraction of sp³-hybridized carbons (Fsp3) is 0.188. The highest BCUT2D eigenvalue weighted by Gasteiger charge is 2.14. The first-order valence-electron chi connectivity index (χ1n) is 7.03. The molecule has 0 fully saturated rings. The molecule has 0 bridgehead atoms. The molecule has 7 nitrogen and oxygen atoms in total. The van der Waals surface area contributed by atoms with Crippen molar-refractivity contribution in [2.75, 3.05) is 6.61 Å². The number of fused-ring (bicyclic) bond motifs is 1. The van der Waals surface area contributed by atoms with Gasteiger partial charge in [-0.05, 0) is 25.1 Å². The molecule has 0 aliphatic heterocycles. The number of ether oxygens (including phenoxy) is 1. The van der Waals surface area contributed by atoms with E-state index in [0.717, 1.165) is 0 Å². The minimum Gasteiger partial charge on any atom is -0.491 e. The summed E-state index contributed by atoms with van der Waals surface area (Å²) in [4.78, 5) is 22.3. The van der Waals surface area contributed by atoms with E-state index in [9.17, 15) is 14.9 Å². The Morgan fingerprint density at radius 2 is 2.00 bits per heavy atom. The molecule has 118 valence electrons. The van der Waals surface area contributed by atoms with E-state index in [-0.39, 0.29) is 18.8 Å². The van der Waals surface area contributed by atoms with Gasteiger partial charge in [-0.15, -0.1) is 0 Å². The second-order valence-electron chi connectivity index (χ2n) is 4.99. The molecular formula is C16H14N2O5. The van der Waals surface area contributed by atoms with Gasteiger partial charge in [-0.1, -0.05) is 18.2 Å². The summed E-state index contributed by atoms with van der Waals surface area (Å²) >= 11 is 0. The molecule has 1 aromatic heterocycles. The second kappa shape index (κ2) is 5.96. The van der Waals surface area contributed by atoms with Crippen LogP contribution < -0.4 is 10.5 Å². The lowest BCUT2D eigenvalue weighted by atomic mass is 10.2. The monoisotopic (exact) mass is 314 g/mol. The molecule has 0 aliphatic carbocycles. The molecule has 7 heteroatoms. The Morgan fingerprint density at radius 3 is 2.78 bits per heavy atom. The molecule has 0 aliphatic rings. The van der Waals surface area contributed by atoms with Crippen LogP contribution in [0.4, 0.5) is 5.69 Å². The van der Waals surface area contributed by atoms with Gasteiger partial charge in [0, 0.05) is 6.07 Å². The van der Waals surface area contributed by atoms with Crippen LogP contribution in [0.25, 0.3) is 11.1 Å². The number of aromatic nitrogens is 1. The Balaban J connectivity index is 1.77. The van der Waals surface area contributed by atoms with Crippen molar-refractivity contribution in [3.8, 4) is 5.75 Å². The maximum atomic E-state index is 11.8. The third kappa shape index (κ3) is 2.80. The van der Waals surface area contributed by atoms with Crippen LogP contribution in [0, 0.1) is 17.0 Å². The minimum absolute atomic E-state index is 0.00780. The zero-order chi connectivity index (χ0) is 16.4. The molecule has 3 rings (SSSR count). The molecule has 0 saturated heterocycles. The third-order valence-electron chi connectivity index (χ3n) is 3.60. The van der Waals surface area contributed by atoms with E-state index < -0.39 is 10.7 Å². The number of hydrogen-bond acceptors (Lipinski definition) is 5. The lowest BCUT2D eigenvalue weighted by Crippen LogP contribution is -2.18. The Kier molecular flexibility index (Phi) is 3.84. The maximum absolute atomic E-state index is 11.8. The minimum atomic E-state index is -0.453. The number of para-hydroxylation sites is 2. The summed E-state index contributed by atoms with van der Waals surface area (Å²) in [5.41, 5.74) is 1.68. The van der Waals surface area contributed by atoms with Crippen LogP contribution in [-0.4, -0.2) is 16.1 Å². The van der Waals surface area contributed by atoms with E-state index in [2.05, 4.69) is 0 Å². The normalized spacial score (nSPS) is 10.8. The lowest BCUT2D eigenvalue weighted by Gasteiger charge is -2.09. The Hall–Kier alpha value is -3.09. The number of nitro benzene ring substituents is 1. The largest absolute Gasteiger partial charge is 0.491 e. The third-order valence-corrected chi connectivity index (χ3v) is 3.60. The van der Waals surface area contributed by atoms with Crippen molar-refractivity contribution in [3.05, 3.63) is 68.7 Å². The highest BCUT2D eigenvalue weighted by molar-refractivity contribution is 5.72. The summed E-state index contributed by atoms with van der Waals surface area (Å²) < 4.78 is 12.2. The highest BCUT2D eigenvalue weighted by atomic mass is 16.6. The van der Waals surface area contributed by atoms with Gasteiger partial charge in [0.15, 0.2) is 5.58 Å². The zero-order valence-electron chi connectivity index (χ0n) is 12.4. The standard InChI is InChI=1S/C16H14N2O5/c1-11-12(18(20)21)6-4-8-14(11)22-10-9-17-13-5-2-3-7-15(13)23-16(17)19/h2-8H,9-10H2,1H3. The van der Waals surface area contributed by atoms with Crippen LogP contribution >= 0.6 is 0 Å². The van der Waals surface area contributed by atoms with E-state index in [1.54, 1.807) is 37.3 Å². The fourth-order valence-corrected chi connectivity index (χ4v) is 2.43. The van der Waals surface area contributed by atoms with Gasteiger partial charge >= 0.3 is 5.76 Å². The number of oxazole rings is 1. The van der Waals surface area contributed by atoms with Crippen LogP contribution in [0.3, 0.4) is 0 Å². The van der Waals surface area contributed by atoms with Gasteiger partial charge in [0.2, 0.25) is 0 Å². The average molecular weight is 314 g/mol. The Labute approximate surface area is 130 Å². The number of rotatable bonds is 5. The van der Waals surface area contributed by atoms with Gasteiger partial charge in [-0.2, -0.15) is 0 Å². The lowest BCUT2D eigenvalue weighted by molar-refractivity contribution is -0.385. The number of hydrogen-bond donors (Lipinski definition) is 0. The summed E-state index contributed by atoms with van der Waals surface area (Å²) in [6.45, 7) is 2.12. The summed E-state index contributed by atoms with van der Waals surface area (Å²) in [6, 6.07) is 11.8. The number of nitro groups is 1. The summed E-state index contributed by atoms with van der Waals surface area (Å²) in [7, 11) is 0. The number of nitrogens with zero attached hydrogens (tertiary/aromatic N) is 2. The molecule has 1 heterocycles. The summed E-state index contributed by atoms with van der Waals surface area (Å²) in [5, 5.41) is 10.9. The SMILES string of the molecule is Cc1c(OCCn2c(=O)oc3ccccc32)cccc1[N+](=O)[O-]. The predicted molar refractivity (Wildman–Crippen MR) is 83.8 cm³/mol. The molecule has 0 radical (unpaired) electrons. The van der Waals surface area contributed by atoms with Gasteiger partial charge in [-0.25, -0.2) is 4.79 Å². The summed E-state index contributed by atoms with van der Waals surface area (Å²) in [6.07, 6.45) is 0. The first-order chi connectivity index (χ1) is 11.1. The average Bonchev–Trinajstić information content (AvgIpc) is 2.84. The fourth-order valence-electron chi connectivity index (χ4n) is 2.43. The molecule has 2 aromatic carbocycles. The molecule has 0 atom stereocenters. The topological polar surface area (TPSA) is 87.5 Å². The molecule has 0 unspecified atom stereocenters. The van der Waals surface area contributed by atoms with E-state index in [1.807, 2.05) is 6.07 Å². The molecule has 0 amide bonds. The van der Waals surface area contributed by atoms with Crippen LogP contribution in [-0.2, 0) is 6.54 Å². The van der Waals surface area contributed by atoms with Crippen molar-refractivity contribution in [1.29, 1.82) is 0 Å². The highest BCUT2D eigenvalue weighted by Crippen LogP contribution is 2.27.